The predicted molar refractivity (Wildman–Crippen MR) is 347 cm³/mol. The molecule has 94 heavy (non-hydrogen) atoms. The van der Waals surface area contributed by atoms with Crippen molar-refractivity contribution in [1.29, 1.82) is 5.41 Å². The van der Waals surface area contributed by atoms with Crippen LogP contribution in [0, 0.1) is 11.3 Å². The molecule has 11 amide bonds. The molecule has 9 atom stereocenters. The summed E-state index contributed by atoms with van der Waals surface area (Å²) in [6.07, 6.45) is 0.671. The first-order valence-corrected chi connectivity index (χ1v) is 31.3. The van der Waals surface area contributed by atoms with Gasteiger partial charge in [-0.25, -0.2) is 0 Å². The number of rotatable bonds is 33. The molecule has 27 heteroatoms. The molecule has 0 bridgehead atoms. The molecule has 2 heterocycles. The Morgan fingerprint density at radius 3 is 1.63 bits per heavy atom. The summed E-state index contributed by atoms with van der Waals surface area (Å²) in [5.74, 6) is -8.95. The fourth-order valence-corrected chi connectivity index (χ4v) is 11.3. The summed E-state index contributed by atoms with van der Waals surface area (Å²) in [7, 11) is 0. The Hall–Kier alpha value is -10.4. The number of benzene rings is 5. The molecule has 0 unspecified atom stereocenters. The van der Waals surface area contributed by atoms with Crippen molar-refractivity contribution in [2.45, 2.75) is 139 Å². The van der Waals surface area contributed by atoms with Gasteiger partial charge in [-0.1, -0.05) is 129 Å². The zero-order valence-corrected chi connectivity index (χ0v) is 52.5. The van der Waals surface area contributed by atoms with Crippen LogP contribution in [0.2, 0.25) is 0 Å². The second-order valence-electron chi connectivity index (χ2n) is 23.8. The smallest absolute Gasteiger partial charge is 0.245 e. The Labute approximate surface area is 543 Å². The fourth-order valence-electron chi connectivity index (χ4n) is 11.3. The Kier molecular flexibility index (Phi) is 26.3. The number of aliphatic hydroxyl groups is 1. The normalized spacial score (nSPS) is 16.5. The number of nitrogens with zero attached hydrogens (tertiary/aromatic N) is 1. The molecule has 0 aromatic heterocycles. The van der Waals surface area contributed by atoms with Gasteiger partial charge in [-0.2, -0.15) is 0 Å². The summed E-state index contributed by atoms with van der Waals surface area (Å²) in [5, 5.41) is 57.0. The number of likely N-dealkylation sites (tertiary alicyclic amines) is 1. The third-order valence-electron chi connectivity index (χ3n) is 16.1. The minimum Gasteiger partial charge on any atom is -0.508 e. The highest BCUT2D eigenvalue weighted by Gasteiger charge is 2.40. The van der Waals surface area contributed by atoms with Gasteiger partial charge < -0.3 is 79.7 Å². The summed E-state index contributed by atoms with van der Waals surface area (Å²) in [5.41, 5.74) is 13.0. The number of primary amides is 1. The van der Waals surface area contributed by atoms with Gasteiger partial charge in [-0.3, -0.25) is 58.1 Å². The van der Waals surface area contributed by atoms with Crippen molar-refractivity contribution < 1.29 is 63.0 Å². The summed E-state index contributed by atoms with van der Waals surface area (Å²) in [4.78, 5) is 154. The molecule has 0 aliphatic carbocycles. The maximum atomic E-state index is 15.0. The quantitative estimate of drug-likeness (QED) is 0.0141. The number of nitrogens with two attached hydrogens (primary N) is 2. The number of hydrogen-bond acceptors (Lipinski definition) is 14. The molecule has 27 nitrogen and oxygen atoms in total. The average Bonchev–Trinajstić information content (AvgIpc) is 1.58. The summed E-state index contributed by atoms with van der Waals surface area (Å²) >= 11 is 0. The molecule has 0 saturated carbocycles. The first-order valence-electron chi connectivity index (χ1n) is 31.3. The van der Waals surface area contributed by atoms with Gasteiger partial charge in [-0.15, -0.1) is 0 Å². The predicted octanol–water partition coefficient (Wildman–Crippen LogP) is -0.618. The zero-order valence-electron chi connectivity index (χ0n) is 52.5. The van der Waals surface area contributed by atoms with Crippen LogP contribution in [-0.4, -0.2) is 167 Å². The maximum Gasteiger partial charge on any atom is 0.245 e. The third kappa shape index (κ3) is 21.3. The summed E-state index contributed by atoms with van der Waals surface area (Å²) in [6.45, 7) is 2.42. The van der Waals surface area contributed by atoms with Gasteiger partial charge in [0.1, 0.15) is 60.1 Å². The summed E-state index contributed by atoms with van der Waals surface area (Å²) in [6, 6.07) is 23.8. The molecule has 2 saturated heterocycles. The number of carbonyl (C=O) groups is 11. The van der Waals surface area contributed by atoms with Crippen molar-refractivity contribution in [2.24, 2.45) is 17.4 Å². The number of guanidine groups is 1. The molecule has 0 radical (unpaired) electrons. The van der Waals surface area contributed by atoms with Crippen LogP contribution in [-0.2, 0) is 78.4 Å². The van der Waals surface area contributed by atoms with E-state index in [0.717, 1.165) is 10.8 Å². The highest BCUT2D eigenvalue weighted by atomic mass is 16.3. The molecule has 0 spiro atoms. The Balaban J connectivity index is 1.14. The number of carbonyl (C=O) groups excluding carboxylic acids is 11. The van der Waals surface area contributed by atoms with Gasteiger partial charge in [0.15, 0.2) is 5.96 Å². The number of aromatic hydroxyl groups is 1. The van der Waals surface area contributed by atoms with Gasteiger partial charge in [0.25, 0.3) is 0 Å². The average molecular weight is 1290 g/mol. The minimum absolute atomic E-state index is 0.00379. The van der Waals surface area contributed by atoms with Gasteiger partial charge in [0, 0.05) is 45.2 Å². The van der Waals surface area contributed by atoms with Gasteiger partial charge in [0.2, 0.25) is 65.0 Å². The van der Waals surface area contributed by atoms with Crippen molar-refractivity contribution in [3.05, 3.63) is 150 Å². The standard InChI is InChI=1S/C67H84N14O13/c1-39(2)32-49(59(87)74-48(22-12-30-71-67(69)70)66(94)81-31-13-23-55(81)65(93)72-37-56(68)84)75-60(88)51(34-41-16-7-4-8-17-41)77-61(89)52(35-42-24-26-45(83)27-25-42)78-64(92)54(38-82)80-63(91)53(36-44-20-11-19-43-18-9-10-21-46(43)44)79-62(90)50(33-40-14-5-3-6-15-40)76-58(86)47-28-29-57(85)73-47/h3-11,14-21,24-27,39,47-55,82-83H,12-13,22-23,28-38H2,1-2H3,(H2,68,84)(H,72,93)(H,73,85)(H,74,87)(H,75,88)(H,76,86)(H,77,89)(H,78,92)(H,79,90)(H,80,91)(H4,69,70,71)/t47-,48-,49-,50+,51+,52-,53-,54-,55-/m0/s1. The lowest BCUT2D eigenvalue weighted by atomic mass is 9.97. The van der Waals surface area contributed by atoms with Crippen molar-refractivity contribution in [1.82, 2.24) is 58.1 Å². The van der Waals surface area contributed by atoms with Gasteiger partial charge >= 0.3 is 0 Å². The molecule has 5 aromatic carbocycles. The lowest BCUT2D eigenvalue weighted by molar-refractivity contribution is -0.142. The number of aliphatic hydroxyl groups excluding tert-OH is 1. The van der Waals surface area contributed by atoms with Crippen molar-refractivity contribution >= 4 is 81.7 Å². The van der Waals surface area contributed by atoms with Crippen LogP contribution in [0.15, 0.2) is 127 Å². The van der Waals surface area contributed by atoms with Crippen molar-refractivity contribution in [3.8, 4) is 5.75 Å². The Morgan fingerprint density at radius 2 is 1.07 bits per heavy atom. The van der Waals surface area contributed by atoms with E-state index in [4.69, 9.17) is 16.9 Å². The largest absolute Gasteiger partial charge is 0.508 e. The topological polar surface area (TPSA) is 428 Å². The summed E-state index contributed by atoms with van der Waals surface area (Å²) < 4.78 is 0. The second-order valence-corrected chi connectivity index (χ2v) is 23.8. The van der Waals surface area contributed by atoms with Gasteiger partial charge in [-0.05, 0) is 89.6 Å². The minimum atomic E-state index is -1.78. The number of phenolic OH excluding ortho intramolecular Hbond substituents is 1. The van der Waals surface area contributed by atoms with E-state index in [0.29, 0.717) is 28.7 Å². The van der Waals surface area contributed by atoms with Crippen molar-refractivity contribution in [3.63, 3.8) is 0 Å². The van der Waals surface area contributed by atoms with Gasteiger partial charge in [0.05, 0.1) is 13.2 Å². The second kappa shape index (κ2) is 34.8. The Bertz CT molecular complexity index is 3500. The number of fused-ring (bicyclic) bond motifs is 1. The van der Waals surface area contributed by atoms with Crippen LogP contribution in [0.25, 0.3) is 10.8 Å². The van der Waals surface area contributed by atoms with Crippen LogP contribution in [0.5, 0.6) is 5.75 Å². The van der Waals surface area contributed by atoms with Crippen LogP contribution in [0.4, 0.5) is 0 Å². The highest BCUT2D eigenvalue weighted by Crippen LogP contribution is 2.23. The maximum absolute atomic E-state index is 15.0. The molecule has 17 N–H and O–H groups in total. The zero-order chi connectivity index (χ0) is 67.8. The lowest BCUT2D eigenvalue weighted by Gasteiger charge is -2.31. The molecular weight excluding hydrogens is 1210 g/mol. The van der Waals surface area contributed by atoms with E-state index in [2.05, 4.69) is 53.2 Å². The number of amides is 11. The van der Waals surface area contributed by atoms with E-state index in [-0.39, 0.29) is 101 Å². The van der Waals surface area contributed by atoms with E-state index >= 15 is 0 Å². The van der Waals surface area contributed by atoms with E-state index in [1.807, 2.05) is 24.3 Å². The molecule has 500 valence electrons. The monoisotopic (exact) mass is 1290 g/mol. The van der Waals surface area contributed by atoms with Crippen LogP contribution >= 0.6 is 0 Å². The fraction of sp³-hybridized carbons (Fsp3) is 0.403. The Morgan fingerprint density at radius 1 is 0.574 bits per heavy atom. The van der Waals surface area contributed by atoms with Crippen LogP contribution in [0.3, 0.4) is 0 Å². The van der Waals surface area contributed by atoms with E-state index in [1.54, 1.807) is 92.7 Å². The van der Waals surface area contributed by atoms with Crippen LogP contribution < -0.4 is 64.6 Å². The first-order chi connectivity index (χ1) is 45.0. The number of nitrogens with one attached hydrogen (secondary N) is 11. The molecule has 2 aliphatic heterocycles. The molecular formula is C67H84N14O13. The van der Waals surface area contributed by atoms with E-state index < -0.39 is 127 Å². The van der Waals surface area contributed by atoms with Crippen molar-refractivity contribution in [2.75, 3.05) is 26.2 Å². The molecule has 2 aliphatic rings. The van der Waals surface area contributed by atoms with E-state index in [9.17, 15) is 63.0 Å². The third-order valence-corrected chi connectivity index (χ3v) is 16.1. The molecule has 7 rings (SSSR count). The SMILES string of the molecule is CC(C)C[C@H](NC(=O)[C@@H](Cc1ccccc1)NC(=O)[C@H](Cc1ccc(O)cc1)NC(=O)[C@H](CO)NC(=O)[C@H](Cc1cccc2ccccc12)NC(=O)[C@@H](Cc1ccccc1)NC(=O)[C@@H]1CCC(=O)N1)C(=O)N[C@@H](CCCNC(=N)N)C(=O)N1CCC[C@H]1C(=O)NCC(N)=O. The number of hydrogen-bond donors (Lipinski definition) is 15. The van der Waals surface area contributed by atoms with E-state index in [1.165, 1.54) is 29.2 Å². The van der Waals surface area contributed by atoms with Crippen LogP contribution in [0.1, 0.15) is 81.0 Å². The molecule has 5 aromatic rings. The number of phenols is 1. The highest BCUT2D eigenvalue weighted by molar-refractivity contribution is 6.00. The molecule has 2 fully saturated rings. The lowest BCUT2D eigenvalue weighted by Crippen LogP contribution is -2.61. The first kappa shape index (κ1) is 71.0.